The fourth-order valence-corrected chi connectivity index (χ4v) is 4.31. The van der Waals surface area contributed by atoms with E-state index in [4.69, 9.17) is 0 Å². The van der Waals surface area contributed by atoms with Crippen molar-refractivity contribution in [2.24, 2.45) is 0 Å². The maximum absolute atomic E-state index is 13.0. The largest absolute Gasteiger partial charge is 0.241 e. The van der Waals surface area contributed by atoms with Crippen molar-refractivity contribution < 1.29 is 12.8 Å². The van der Waals surface area contributed by atoms with Crippen LogP contribution < -0.4 is 4.72 Å². The molecule has 0 aliphatic heterocycles. The number of hydrogen-bond acceptors (Lipinski definition) is 3. The third-order valence-corrected chi connectivity index (χ3v) is 5.73. The standard InChI is InChI=1S/C17H14FNO2S2/c18-14-8-10-15(11-9-14)23(20,21)19-17(16-7-4-12-22-16)13-5-2-1-3-6-13/h1-12,17,19H/t17-/m1/s1. The van der Waals surface area contributed by atoms with Gasteiger partial charge < -0.3 is 0 Å². The van der Waals surface area contributed by atoms with Crippen LogP contribution >= 0.6 is 11.3 Å². The second kappa shape index (κ2) is 6.62. The predicted octanol–water partition coefficient (Wildman–Crippen LogP) is 3.96. The van der Waals surface area contributed by atoms with Gasteiger partial charge in [-0.25, -0.2) is 12.8 Å². The lowest BCUT2D eigenvalue weighted by Gasteiger charge is -2.18. The van der Waals surface area contributed by atoms with Gasteiger partial charge in [0.2, 0.25) is 10.0 Å². The summed E-state index contributed by atoms with van der Waals surface area (Å²) in [6.07, 6.45) is 0. The summed E-state index contributed by atoms with van der Waals surface area (Å²) in [5.41, 5.74) is 0.848. The molecule has 0 fully saturated rings. The molecule has 0 bridgehead atoms. The van der Waals surface area contributed by atoms with Crippen LogP contribution in [-0.2, 0) is 10.0 Å². The van der Waals surface area contributed by atoms with E-state index < -0.39 is 21.9 Å². The molecule has 0 unspecified atom stereocenters. The van der Waals surface area contributed by atoms with Gasteiger partial charge in [0.05, 0.1) is 10.9 Å². The molecule has 0 saturated carbocycles. The normalized spacial score (nSPS) is 12.9. The molecule has 0 radical (unpaired) electrons. The molecule has 0 amide bonds. The fourth-order valence-electron chi connectivity index (χ4n) is 2.23. The molecule has 23 heavy (non-hydrogen) atoms. The molecule has 118 valence electrons. The van der Waals surface area contributed by atoms with Crippen molar-refractivity contribution in [2.45, 2.75) is 10.9 Å². The summed E-state index contributed by atoms with van der Waals surface area (Å²) in [7, 11) is -3.76. The highest BCUT2D eigenvalue weighted by Gasteiger charge is 2.23. The summed E-state index contributed by atoms with van der Waals surface area (Å²) in [6.45, 7) is 0. The highest BCUT2D eigenvalue weighted by Crippen LogP contribution is 2.27. The Morgan fingerprint density at radius 3 is 2.22 bits per heavy atom. The fraction of sp³-hybridized carbons (Fsp3) is 0.0588. The Bertz CT molecular complexity index is 861. The molecule has 2 aromatic carbocycles. The Morgan fingerprint density at radius 1 is 0.913 bits per heavy atom. The number of sulfonamides is 1. The number of benzene rings is 2. The highest BCUT2D eigenvalue weighted by molar-refractivity contribution is 7.89. The first kappa shape index (κ1) is 15.9. The van der Waals surface area contributed by atoms with Gasteiger partial charge in [0, 0.05) is 4.88 Å². The number of halogens is 1. The maximum Gasteiger partial charge on any atom is 0.241 e. The zero-order chi connectivity index (χ0) is 16.3. The minimum absolute atomic E-state index is 0.0383. The summed E-state index contributed by atoms with van der Waals surface area (Å²) < 4.78 is 40.9. The SMILES string of the molecule is O=S(=O)(N[C@H](c1ccccc1)c1cccs1)c1ccc(F)cc1. The molecule has 1 N–H and O–H groups in total. The second-order valence-corrected chi connectivity index (χ2v) is 7.63. The first-order chi connectivity index (χ1) is 11.1. The van der Waals surface area contributed by atoms with Crippen molar-refractivity contribution in [3.05, 3.63) is 88.4 Å². The van der Waals surface area contributed by atoms with Gasteiger partial charge in [0.25, 0.3) is 0 Å². The van der Waals surface area contributed by atoms with Gasteiger partial charge in [0.1, 0.15) is 5.82 Å². The number of rotatable bonds is 5. The molecular weight excluding hydrogens is 333 g/mol. The first-order valence-corrected chi connectivity index (χ1v) is 9.29. The quantitative estimate of drug-likeness (QED) is 0.759. The number of nitrogens with one attached hydrogen (secondary N) is 1. The lowest BCUT2D eigenvalue weighted by atomic mass is 10.1. The molecule has 3 rings (SSSR count). The van der Waals surface area contributed by atoms with Crippen LogP contribution in [0.5, 0.6) is 0 Å². The van der Waals surface area contributed by atoms with E-state index in [1.807, 2.05) is 47.8 Å². The zero-order valence-corrected chi connectivity index (χ0v) is 13.6. The Kier molecular flexibility index (Phi) is 4.56. The van der Waals surface area contributed by atoms with Crippen LogP contribution in [0, 0.1) is 5.82 Å². The molecule has 1 heterocycles. The smallest absolute Gasteiger partial charge is 0.207 e. The van der Waals surface area contributed by atoms with Crippen LogP contribution in [-0.4, -0.2) is 8.42 Å². The monoisotopic (exact) mass is 347 g/mol. The van der Waals surface area contributed by atoms with Crippen LogP contribution in [0.4, 0.5) is 4.39 Å². The highest BCUT2D eigenvalue weighted by atomic mass is 32.2. The minimum atomic E-state index is -3.76. The number of hydrogen-bond donors (Lipinski definition) is 1. The van der Waals surface area contributed by atoms with E-state index >= 15 is 0 Å². The van der Waals surface area contributed by atoms with Crippen LogP contribution in [0.15, 0.2) is 77.0 Å². The van der Waals surface area contributed by atoms with E-state index in [0.29, 0.717) is 0 Å². The van der Waals surface area contributed by atoms with E-state index in [1.165, 1.54) is 23.5 Å². The molecule has 0 aliphatic carbocycles. The minimum Gasteiger partial charge on any atom is -0.207 e. The predicted molar refractivity (Wildman–Crippen MR) is 89.3 cm³/mol. The molecule has 6 heteroatoms. The number of thiophene rings is 1. The summed E-state index contributed by atoms with van der Waals surface area (Å²) in [6, 6.07) is 17.4. The third kappa shape index (κ3) is 3.67. The van der Waals surface area contributed by atoms with Gasteiger partial charge in [0.15, 0.2) is 0 Å². The molecule has 0 saturated heterocycles. The van der Waals surface area contributed by atoms with Crippen LogP contribution in [0.2, 0.25) is 0 Å². The Hall–Kier alpha value is -2.02. The first-order valence-electron chi connectivity index (χ1n) is 6.92. The van der Waals surface area contributed by atoms with Crippen molar-refractivity contribution >= 4 is 21.4 Å². The summed E-state index contributed by atoms with van der Waals surface area (Å²) in [5, 5.41) is 1.90. The van der Waals surface area contributed by atoms with E-state index in [1.54, 1.807) is 0 Å². The Labute approximate surface area is 138 Å². The van der Waals surface area contributed by atoms with E-state index in [0.717, 1.165) is 22.6 Å². The average molecular weight is 347 g/mol. The Morgan fingerprint density at radius 2 is 1.61 bits per heavy atom. The van der Waals surface area contributed by atoms with Crippen molar-refractivity contribution in [3.63, 3.8) is 0 Å². The molecule has 1 aromatic heterocycles. The van der Waals surface area contributed by atoms with E-state index in [2.05, 4.69) is 4.72 Å². The van der Waals surface area contributed by atoms with Crippen molar-refractivity contribution in [1.29, 1.82) is 0 Å². The van der Waals surface area contributed by atoms with Crippen LogP contribution in [0.1, 0.15) is 16.5 Å². The molecule has 0 aliphatic rings. The molecule has 1 atom stereocenters. The molecule has 3 aromatic rings. The van der Waals surface area contributed by atoms with Crippen molar-refractivity contribution in [2.75, 3.05) is 0 Å². The van der Waals surface area contributed by atoms with Gasteiger partial charge in [-0.3, -0.25) is 0 Å². The molecular formula is C17H14FNO2S2. The summed E-state index contributed by atoms with van der Waals surface area (Å²) in [4.78, 5) is 0.929. The molecule has 0 spiro atoms. The van der Waals surface area contributed by atoms with Gasteiger partial charge in [-0.05, 0) is 41.3 Å². The van der Waals surface area contributed by atoms with Crippen LogP contribution in [0.3, 0.4) is 0 Å². The average Bonchev–Trinajstić information content (AvgIpc) is 3.08. The Balaban J connectivity index is 1.97. The van der Waals surface area contributed by atoms with E-state index in [9.17, 15) is 12.8 Å². The topological polar surface area (TPSA) is 46.2 Å². The summed E-state index contributed by atoms with van der Waals surface area (Å²) in [5.74, 6) is -0.471. The lowest BCUT2D eigenvalue weighted by molar-refractivity contribution is 0.572. The van der Waals surface area contributed by atoms with Crippen molar-refractivity contribution in [3.8, 4) is 0 Å². The third-order valence-electron chi connectivity index (χ3n) is 3.36. The summed E-state index contributed by atoms with van der Waals surface area (Å²) >= 11 is 1.48. The van der Waals surface area contributed by atoms with Gasteiger partial charge in [-0.2, -0.15) is 4.72 Å². The van der Waals surface area contributed by atoms with Gasteiger partial charge >= 0.3 is 0 Å². The van der Waals surface area contributed by atoms with E-state index in [-0.39, 0.29) is 4.90 Å². The second-order valence-electron chi connectivity index (χ2n) is 4.93. The van der Waals surface area contributed by atoms with Crippen molar-refractivity contribution in [1.82, 2.24) is 4.72 Å². The van der Waals surface area contributed by atoms with Gasteiger partial charge in [-0.15, -0.1) is 11.3 Å². The van der Waals surface area contributed by atoms with Gasteiger partial charge in [-0.1, -0.05) is 36.4 Å². The zero-order valence-electron chi connectivity index (χ0n) is 12.0. The lowest BCUT2D eigenvalue weighted by Crippen LogP contribution is -2.29. The maximum atomic E-state index is 13.0. The van der Waals surface area contributed by atoms with Crippen LogP contribution in [0.25, 0.3) is 0 Å². The molecule has 3 nitrogen and oxygen atoms in total.